The average Bonchev–Trinajstić information content (AvgIpc) is 3.20. The predicted octanol–water partition coefficient (Wildman–Crippen LogP) is 3.12. The van der Waals surface area contributed by atoms with Crippen molar-refractivity contribution >= 4 is 58.9 Å². The summed E-state index contributed by atoms with van der Waals surface area (Å²) < 4.78 is 0. The molecule has 158 valence electrons. The Bertz CT molecular complexity index is 640. The van der Waals surface area contributed by atoms with E-state index in [-0.39, 0.29) is 29.9 Å². The number of guanidine groups is 1. The Labute approximate surface area is 193 Å². The molecule has 1 aromatic heterocycles. The van der Waals surface area contributed by atoms with Crippen molar-refractivity contribution in [2.45, 2.75) is 51.6 Å². The quantitative estimate of drug-likeness (QED) is 0.343. The van der Waals surface area contributed by atoms with Gasteiger partial charge in [0.25, 0.3) is 0 Å². The van der Waals surface area contributed by atoms with Crippen molar-refractivity contribution in [3.8, 4) is 0 Å². The van der Waals surface area contributed by atoms with Gasteiger partial charge in [-0.15, -0.1) is 35.3 Å². The van der Waals surface area contributed by atoms with Crippen molar-refractivity contribution in [3.63, 3.8) is 0 Å². The van der Waals surface area contributed by atoms with Gasteiger partial charge >= 0.3 is 0 Å². The van der Waals surface area contributed by atoms with Gasteiger partial charge in [-0.05, 0) is 32.1 Å². The van der Waals surface area contributed by atoms with E-state index in [0.29, 0.717) is 18.5 Å². The van der Waals surface area contributed by atoms with Crippen LogP contribution in [0.5, 0.6) is 0 Å². The van der Waals surface area contributed by atoms with Crippen LogP contribution in [-0.2, 0) is 17.8 Å². The van der Waals surface area contributed by atoms with Gasteiger partial charge in [-0.1, -0.05) is 6.92 Å². The molecule has 1 saturated heterocycles. The molecule has 1 aliphatic heterocycles. The molecule has 0 atom stereocenters. The highest BCUT2D eigenvalue weighted by Gasteiger charge is 2.30. The minimum Gasteiger partial charge on any atom is -0.354 e. The first-order valence-corrected chi connectivity index (χ1v) is 12.0. The fraction of sp³-hybridized carbons (Fsp3) is 0.737. The maximum atomic E-state index is 12.7. The molecule has 0 spiro atoms. The number of thiazole rings is 1. The zero-order valence-electron chi connectivity index (χ0n) is 16.8. The Balaban J connectivity index is 0.00000280. The van der Waals surface area contributed by atoms with Crippen LogP contribution in [-0.4, -0.2) is 59.4 Å². The van der Waals surface area contributed by atoms with E-state index >= 15 is 0 Å². The summed E-state index contributed by atoms with van der Waals surface area (Å²) >= 11 is 3.66. The lowest BCUT2D eigenvalue weighted by Crippen LogP contribution is -2.47. The van der Waals surface area contributed by atoms with E-state index in [1.165, 1.54) is 5.01 Å². The molecular weight excluding hydrogens is 505 g/mol. The Morgan fingerprint density at radius 1 is 1.29 bits per heavy atom. The molecule has 3 rings (SSSR count). The number of aryl methyl sites for hydroxylation is 1. The molecule has 2 heterocycles. The monoisotopic (exact) mass is 537 g/mol. The first kappa shape index (κ1) is 23.7. The van der Waals surface area contributed by atoms with Crippen LogP contribution in [0.25, 0.3) is 0 Å². The first-order chi connectivity index (χ1) is 13.2. The third-order valence-corrected chi connectivity index (χ3v) is 7.29. The summed E-state index contributed by atoms with van der Waals surface area (Å²) in [5.41, 5.74) is 1.06. The summed E-state index contributed by atoms with van der Waals surface area (Å²) in [5.74, 6) is 3.59. The van der Waals surface area contributed by atoms with Crippen molar-refractivity contribution in [3.05, 3.63) is 16.1 Å². The Morgan fingerprint density at radius 3 is 2.61 bits per heavy atom. The molecule has 2 fully saturated rings. The number of carbonyl (C=O) groups excluding carboxylic acids is 1. The Morgan fingerprint density at radius 2 is 2.00 bits per heavy atom. The maximum Gasteiger partial charge on any atom is 0.225 e. The number of carbonyl (C=O) groups is 1. The summed E-state index contributed by atoms with van der Waals surface area (Å²) in [4.78, 5) is 23.7. The second-order valence-corrected chi connectivity index (χ2v) is 9.31. The molecule has 9 heteroatoms. The van der Waals surface area contributed by atoms with Crippen molar-refractivity contribution in [2.75, 3.05) is 31.6 Å². The van der Waals surface area contributed by atoms with Crippen molar-refractivity contribution in [1.82, 2.24) is 20.5 Å². The van der Waals surface area contributed by atoms with Crippen molar-refractivity contribution < 1.29 is 4.79 Å². The van der Waals surface area contributed by atoms with Crippen LogP contribution >= 0.6 is 47.1 Å². The van der Waals surface area contributed by atoms with E-state index in [4.69, 9.17) is 0 Å². The maximum absolute atomic E-state index is 12.7. The molecule has 1 aromatic rings. The topological polar surface area (TPSA) is 69.6 Å². The summed E-state index contributed by atoms with van der Waals surface area (Å²) in [5, 5.41) is 10.2. The van der Waals surface area contributed by atoms with E-state index in [9.17, 15) is 4.79 Å². The van der Waals surface area contributed by atoms with E-state index in [1.807, 2.05) is 11.8 Å². The lowest BCUT2D eigenvalue weighted by atomic mass is 9.85. The van der Waals surface area contributed by atoms with E-state index < -0.39 is 0 Å². The van der Waals surface area contributed by atoms with E-state index in [2.05, 4.69) is 37.8 Å². The van der Waals surface area contributed by atoms with Crippen LogP contribution < -0.4 is 10.6 Å². The second-order valence-electron chi connectivity index (χ2n) is 7.14. The summed E-state index contributed by atoms with van der Waals surface area (Å²) in [6, 6.07) is 0.388. The largest absolute Gasteiger partial charge is 0.354 e. The standard InChI is InChI=1S/C19H31N5OS2.HI/c1-3-17-22-16(13-27-17)12-21-19(20-2)23-15-6-4-14(5-7-15)18(25)24-8-10-26-11-9-24;/h13-15H,3-12H2,1-2H3,(H2,20,21,23);1H. The number of aliphatic imine (C=N–C) groups is 1. The molecule has 2 N–H and O–H groups in total. The Hall–Kier alpha value is -0.550. The number of nitrogens with zero attached hydrogens (tertiary/aromatic N) is 3. The lowest BCUT2D eigenvalue weighted by Gasteiger charge is -2.34. The van der Waals surface area contributed by atoms with Crippen LogP contribution in [0.2, 0.25) is 0 Å². The van der Waals surface area contributed by atoms with Gasteiger partial charge in [0.15, 0.2) is 5.96 Å². The molecule has 0 bridgehead atoms. The zero-order valence-corrected chi connectivity index (χ0v) is 20.7. The number of rotatable bonds is 5. The number of aromatic nitrogens is 1. The Kier molecular flexibility index (Phi) is 10.4. The number of hydrogen-bond acceptors (Lipinski definition) is 5. The molecule has 1 aliphatic carbocycles. The lowest BCUT2D eigenvalue weighted by molar-refractivity contribution is -0.136. The fourth-order valence-electron chi connectivity index (χ4n) is 3.68. The molecule has 1 amide bonds. The first-order valence-electron chi connectivity index (χ1n) is 9.96. The highest BCUT2D eigenvalue weighted by atomic mass is 127. The molecule has 0 aromatic carbocycles. The number of halogens is 1. The number of amides is 1. The van der Waals surface area contributed by atoms with Gasteiger partial charge in [-0.2, -0.15) is 11.8 Å². The normalized spacial score (nSPS) is 23.1. The van der Waals surface area contributed by atoms with E-state index in [0.717, 1.165) is 68.4 Å². The number of thioether (sulfide) groups is 1. The average molecular weight is 538 g/mol. The number of nitrogens with one attached hydrogen (secondary N) is 2. The van der Waals surface area contributed by atoms with Gasteiger partial charge in [0.05, 0.1) is 17.2 Å². The van der Waals surface area contributed by atoms with Crippen LogP contribution in [0, 0.1) is 5.92 Å². The van der Waals surface area contributed by atoms with Crippen LogP contribution in [0.4, 0.5) is 0 Å². The molecule has 0 unspecified atom stereocenters. The third kappa shape index (κ3) is 6.76. The van der Waals surface area contributed by atoms with Gasteiger partial charge < -0.3 is 15.5 Å². The van der Waals surface area contributed by atoms with Gasteiger partial charge in [-0.3, -0.25) is 9.79 Å². The summed E-state index contributed by atoms with van der Waals surface area (Å²) in [7, 11) is 1.80. The zero-order chi connectivity index (χ0) is 19.1. The smallest absolute Gasteiger partial charge is 0.225 e. The molecule has 6 nitrogen and oxygen atoms in total. The van der Waals surface area contributed by atoms with Crippen LogP contribution in [0.1, 0.15) is 43.3 Å². The third-order valence-electron chi connectivity index (χ3n) is 5.30. The summed E-state index contributed by atoms with van der Waals surface area (Å²) in [6.07, 6.45) is 4.98. The molecule has 1 saturated carbocycles. The summed E-state index contributed by atoms with van der Waals surface area (Å²) in [6.45, 7) is 4.67. The minimum atomic E-state index is 0. The van der Waals surface area contributed by atoms with Crippen molar-refractivity contribution in [1.29, 1.82) is 0 Å². The van der Waals surface area contributed by atoms with E-state index in [1.54, 1.807) is 18.4 Å². The SMILES string of the molecule is CCc1nc(CNC(=NC)NC2CCC(C(=O)N3CCSCC3)CC2)cs1.I. The fourth-order valence-corrected chi connectivity index (χ4v) is 5.33. The highest BCUT2D eigenvalue weighted by molar-refractivity contribution is 14.0. The second kappa shape index (κ2) is 12.2. The molecule has 28 heavy (non-hydrogen) atoms. The molecule has 2 aliphatic rings. The van der Waals surface area contributed by atoms with Gasteiger partial charge in [0, 0.05) is 49.0 Å². The highest BCUT2D eigenvalue weighted by Crippen LogP contribution is 2.27. The molecular formula is C19H32IN5OS2. The van der Waals surface area contributed by atoms with Crippen LogP contribution in [0.3, 0.4) is 0 Å². The van der Waals surface area contributed by atoms with Gasteiger partial charge in [0.1, 0.15) is 0 Å². The number of hydrogen-bond donors (Lipinski definition) is 2. The van der Waals surface area contributed by atoms with Gasteiger partial charge in [-0.25, -0.2) is 4.98 Å². The predicted molar refractivity (Wildman–Crippen MR) is 130 cm³/mol. The van der Waals surface area contributed by atoms with Crippen LogP contribution in [0.15, 0.2) is 10.4 Å². The van der Waals surface area contributed by atoms with Crippen molar-refractivity contribution in [2.24, 2.45) is 10.9 Å². The minimum absolute atomic E-state index is 0. The van der Waals surface area contributed by atoms with Gasteiger partial charge in [0.2, 0.25) is 5.91 Å². The molecule has 0 radical (unpaired) electrons.